The minimum Gasteiger partial charge on any atom is -0.382 e. The summed E-state index contributed by atoms with van der Waals surface area (Å²) in [6, 6.07) is 7.27. The van der Waals surface area contributed by atoms with Crippen LogP contribution in [0.5, 0.6) is 0 Å². The van der Waals surface area contributed by atoms with Crippen molar-refractivity contribution in [2.24, 2.45) is 0 Å². The molecular weight excluding hydrogens is 221 g/mol. The highest BCUT2D eigenvalue weighted by Crippen LogP contribution is 2.10. The minimum absolute atomic E-state index is 0.0424. The second-order valence-electron chi connectivity index (χ2n) is 3.58. The lowest BCUT2D eigenvalue weighted by molar-refractivity contribution is -0.112. The molecule has 0 atom stereocenters. The molecule has 1 N–H and O–H groups in total. The van der Waals surface area contributed by atoms with Crippen molar-refractivity contribution in [2.45, 2.75) is 0 Å². The molecule has 0 bridgehead atoms. The summed E-state index contributed by atoms with van der Waals surface area (Å²) in [6.07, 6.45) is 1.40. The molecule has 0 aliphatic rings. The van der Waals surface area contributed by atoms with E-state index in [0.717, 1.165) is 0 Å². The van der Waals surface area contributed by atoms with E-state index in [4.69, 9.17) is 5.26 Å². The van der Waals surface area contributed by atoms with E-state index >= 15 is 0 Å². The monoisotopic (exact) mass is 233 g/mol. The Morgan fingerprint density at radius 1 is 1.53 bits per heavy atom. The van der Waals surface area contributed by atoms with Crippen LogP contribution in [0, 0.1) is 17.1 Å². The van der Waals surface area contributed by atoms with Gasteiger partial charge in [0, 0.05) is 26.0 Å². The van der Waals surface area contributed by atoms with Crippen molar-refractivity contribution >= 4 is 11.6 Å². The number of nitriles is 1. The first-order valence-electron chi connectivity index (χ1n) is 4.88. The molecule has 4 nitrogen and oxygen atoms in total. The van der Waals surface area contributed by atoms with Crippen LogP contribution in [-0.2, 0) is 4.79 Å². The number of nitrogens with one attached hydrogen (secondary N) is 1. The molecule has 0 aromatic heterocycles. The van der Waals surface area contributed by atoms with Gasteiger partial charge >= 0.3 is 0 Å². The Balaban J connectivity index is 2.82. The number of carbonyl (C=O) groups excluding carboxylic acids is 1. The molecule has 0 aliphatic heterocycles. The Morgan fingerprint density at radius 2 is 2.24 bits per heavy atom. The maximum Gasteiger partial charge on any atom is 0.267 e. The highest BCUT2D eigenvalue weighted by atomic mass is 19.1. The van der Waals surface area contributed by atoms with Crippen molar-refractivity contribution in [2.75, 3.05) is 19.4 Å². The number of benzene rings is 1. The number of anilines is 1. The first-order valence-corrected chi connectivity index (χ1v) is 4.88. The van der Waals surface area contributed by atoms with Crippen molar-refractivity contribution in [3.63, 3.8) is 0 Å². The lowest BCUT2D eigenvalue weighted by atomic mass is 10.2. The molecule has 0 unspecified atom stereocenters. The van der Waals surface area contributed by atoms with Gasteiger partial charge in [-0.25, -0.2) is 4.39 Å². The number of amides is 1. The Kier molecular flexibility index (Phi) is 4.23. The lowest BCUT2D eigenvalue weighted by Crippen LogP contribution is -2.16. The summed E-state index contributed by atoms with van der Waals surface area (Å²) in [5.74, 6) is -1.01. The van der Waals surface area contributed by atoms with Crippen LogP contribution in [0.3, 0.4) is 0 Å². The topological polar surface area (TPSA) is 56.1 Å². The molecule has 0 heterocycles. The second kappa shape index (κ2) is 5.66. The van der Waals surface area contributed by atoms with E-state index in [-0.39, 0.29) is 5.57 Å². The summed E-state index contributed by atoms with van der Waals surface area (Å²) < 4.78 is 12.9. The fraction of sp³-hybridized carbons (Fsp3) is 0.167. The van der Waals surface area contributed by atoms with Crippen molar-refractivity contribution < 1.29 is 9.18 Å². The zero-order valence-corrected chi connectivity index (χ0v) is 9.57. The van der Waals surface area contributed by atoms with Crippen molar-refractivity contribution in [1.29, 1.82) is 5.26 Å². The molecular formula is C12H12FN3O. The van der Waals surface area contributed by atoms with E-state index in [1.807, 2.05) is 0 Å². The predicted molar refractivity (Wildman–Crippen MR) is 62.4 cm³/mol. The van der Waals surface area contributed by atoms with Gasteiger partial charge in [0.2, 0.25) is 0 Å². The molecule has 88 valence electrons. The molecule has 5 heteroatoms. The third kappa shape index (κ3) is 3.95. The van der Waals surface area contributed by atoms with Crippen LogP contribution < -0.4 is 5.32 Å². The molecule has 0 aliphatic carbocycles. The van der Waals surface area contributed by atoms with E-state index in [2.05, 4.69) is 5.32 Å². The van der Waals surface area contributed by atoms with Gasteiger partial charge < -0.3 is 10.2 Å². The summed E-state index contributed by atoms with van der Waals surface area (Å²) in [6.45, 7) is 0. The molecule has 1 aromatic rings. The third-order valence-electron chi connectivity index (χ3n) is 1.83. The zero-order chi connectivity index (χ0) is 12.8. The smallest absolute Gasteiger partial charge is 0.267 e. The van der Waals surface area contributed by atoms with E-state index in [9.17, 15) is 9.18 Å². The number of hydrogen-bond donors (Lipinski definition) is 1. The van der Waals surface area contributed by atoms with Crippen LogP contribution >= 0.6 is 0 Å². The van der Waals surface area contributed by atoms with Crippen LogP contribution in [0.15, 0.2) is 36.0 Å². The molecule has 0 saturated heterocycles. The molecule has 0 radical (unpaired) electrons. The van der Waals surface area contributed by atoms with Crippen LogP contribution in [0.2, 0.25) is 0 Å². The summed E-state index contributed by atoms with van der Waals surface area (Å²) in [4.78, 5) is 13.2. The molecule has 0 fully saturated rings. The number of nitrogens with zero attached hydrogens (tertiary/aromatic N) is 2. The van der Waals surface area contributed by atoms with E-state index in [1.54, 1.807) is 31.1 Å². The molecule has 1 aromatic carbocycles. The van der Waals surface area contributed by atoms with Crippen LogP contribution in [-0.4, -0.2) is 24.9 Å². The minimum atomic E-state index is -0.563. The first-order chi connectivity index (χ1) is 8.02. The van der Waals surface area contributed by atoms with Gasteiger partial charge in [-0.05, 0) is 18.2 Å². The number of carbonyl (C=O) groups is 1. The molecule has 17 heavy (non-hydrogen) atoms. The molecule has 1 rings (SSSR count). The van der Waals surface area contributed by atoms with Gasteiger partial charge in [0.25, 0.3) is 5.91 Å². The maximum absolute atomic E-state index is 12.9. The summed E-state index contributed by atoms with van der Waals surface area (Å²) in [5.41, 5.74) is 0.272. The van der Waals surface area contributed by atoms with Crippen molar-refractivity contribution in [3.05, 3.63) is 41.9 Å². The fourth-order valence-electron chi connectivity index (χ4n) is 1.16. The van der Waals surface area contributed by atoms with E-state index in [0.29, 0.717) is 5.69 Å². The van der Waals surface area contributed by atoms with Gasteiger partial charge in [-0.3, -0.25) is 4.79 Å². The first kappa shape index (κ1) is 12.7. The fourth-order valence-corrected chi connectivity index (χ4v) is 1.16. The molecule has 1 amide bonds. The zero-order valence-electron chi connectivity index (χ0n) is 9.57. The van der Waals surface area contributed by atoms with Crippen molar-refractivity contribution in [3.8, 4) is 6.07 Å². The van der Waals surface area contributed by atoms with Gasteiger partial charge in [-0.15, -0.1) is 0 Å². The second-order valence-corrected chi connectivity index (χ2v) is 3.58. The van der Waals surface area contributed by atoms with Crippen LogP contribution in [0.1, 0.15) is 0 Å². The van der Waals surface area contributed by atoms with Gasteiger partial charge in [0.05, 0.1) is 0 Å². The summed E-state index contributed by atoms with van der Waals surface area (Å²) in [5, 5.41) is 11.2. The maximum atomic E-state index is 12.9. The van der Waals surface area contributed by atoms with E-state index in [1.165, 1.54) is 24.4 Å². The molecule has 0 saturated carbocycles. The summed E-state index contributed by atoms with van der Waals surface area (Å²) >= 11 is 0. The third-order valence-corrected chi connectivity index (χ3v) is 1.83. The number of halogens is 1. The average molecular weight is 233 g/mol. The Bertz CT molecular complexity index is 489. The quantitative estimate of drug-likeness (QED) is 0.639. The van der Waals surface area contributed by atoms with Crippen molar-refractivity contribution in [1.82, 2.24) is 4.90 Å². The normalized spacial score (nSPS) is 10.6. The summed E-state index contributed by atoms with van der Waals surface area (Å²) in [7, 11) is 3.40. The van der Waals surface area contributed by atoms with Crippen LogP contribution in [0.25, 0.3) is 0 Å². The van der Waals surface area contributed by atoms with Gasteiger partial charge in [-0.1, -0.05) is 6.07 Å². The highest BCUT2D eigenvalue weighted by Gasteiger charge is 2.09. The molecule has 0 spiro atoms. The lowest BCUT2D eigenvalue weighted by Gasteiger charge is -2.07. The van der Waals surface area contributed by atoms with Gasteiger partial charge in [0.1, 0.15) is 17.5 Å². The van der Waals surface area contributed by atoms with E-state index < -0.39 is 11.7 Å². The number of rotatable bonds is 3. The van der Waals surface area contributed by atoms with Gasteiger partial charge in [-0.2, -0.15) is 5.26 Å². The predicted octanol–water partition coefficient (Wildman–Crippen LogP) is 1.73. The standard InChI is InChI=1S/C12H12FN3O/c1-16(2)8-9(7-14)12(17)15-11-5-3-4-10(13)6-11/h3-6,8H,1-2H3,(H,15,17)/b9-8+. The average Bonchev–Trinajstić information content (AvgIpc) is 2.25. The Labute approximate surface area is 99.0 Å². The highest BCUT2D eigenvalue weighted by molar-refractivity contribution is 6.06. The van der Waals surface area contributed by atoms with Crippen LogP contribution in [0.4, 0.5) is 10.1 Å². The largest absolute Gasteiger partial charge is 0.382 e. The Hall–Kier alpha value is -2.35. The number of hydrogen-bond acceptors (Lipinski definition) is 3. The SMILES string of the molecule is CN(C)/C=C(\C#N)C(=O)Nc1cccc(F)c1. The Morgan fingerprint density at radius 3 is 2.76 bits per heavy atom. The van der Waals surface area contributed by atoms with Gasteiger partial charge in [0.15, 0.2) is 0 Å².